The van der Waals surface area contributed by atoms with Crippen molar-refractivity contribution in [3.8, 4) is 5.75 Å². The molecule has 0 saturated heterocycles. The Morgan fingerprint density at radius 1 is 1.57 bits per heavy atom. The van der Waals surface area contributed by atoms with E-state index in [-0.39, 0.29) is 12.2 Å². The number of benzene rings is 1. The first-order valence-electron chi connectivity index (χ1n) is 4.27. The van der Waals surface area contributed by atoms with Crippen LogP contribution < -0.4 is 5.73 Å². The summed E-state index contributed by atoms with van der Waals surface area (Å²) in [5, 5.41) is 17.8. The number of aryl methyl sites for hydroxylation is 1. The fourth-order valence-corrected chi connectivity index (χ4v) is 1.20. The maximum absolute atomic E-state index is 10.5. The van der Waals surface area contributed by atoms with Crippen molar-refractivity contribution < 1.29 is 15.0 Å². The number of aromatic hydroxyl groups is 1. The van der Waals surface area contributed by atoms with Crippen LogP contribution in [-0.4, -0.2) is 22.2 Å². The number of nitrogens with two attached hydrogens (primary N) is 1. The molecule has 4 N–H and O–H groups in total. The highest BCUT2D eigenvalue weighted by Gasteiger charge is 2.13. The minimum atomic E-state index is -1.03. The maximum atomic E-state index is 10.5. The molecular formula is C10H13NO3. The SMILES string of the molecule is [11CH3]c1ccc(O)cc1C[C@H](N)C(=O)O. The fraction of sp³-hybridized carbons (Fsp3) is 0.300. The zero-order valence-electron chi connectivity index (χ0n) is 7.90. The number of hydrogen-bond acceptors (Lipinski definition) is 3. The van der Waals surface area contributed by atoms with Crippen molar-refractivity contribution in [2.45, 2.75) is 19.4 Å². The minimum Gasteiger partial charge on any atom is -0.508 e. The third-order valence-electron chi connectivity index (χ3n) is 2.09. The van der Waals surface area contributed by atoms with E-state index in [2.05, 4.69) is 0 Å². The van der Waals surface area contributed by atoms with Gasteiger partial charge in [-0.1, -0.05) is 6.07 Å². The number of hydrogen-bond donors (Lipinski definition) is 3. The van der Waals surface area contributed by atoms with Crippen LogP contribution in [0.15, 0.2) is 18.2 Å². The molecule has 0 radical (unpaired) electrons. The molecule has 0 aromatic heterocycles. The number of phenols is 1. The lowest BCUT2D eigenvalue weighted by atomic mass is 9.92. The van der Waals surface area contributed by atoms with Crippen molar-refractivity contribution in [1.82, 2.24) is 0 Å². The van der Waals surface area contributed by atoms with Crippen molar-refractivity contribution in [1.29, 1.82) is 0 Å². The Morgan fingerprint density at radius 2 is 2.21 bits per heavy atom. The second kappa shape index (κ2) is 4.11. The van der Waals surface area contributed by atoms with Crippen LogP contribution in [0.1, 0.15) is 11.1 Å². The number of carbonyl (C=O) groups is 1. The number of carboxylic acid groups (broad SMARTS) is 1. The summed E-state index contributed by atoms with van der Waals surface area (Å²) < 4.78 is 0. The number of rotatable bonds is 3. The van der Waals surface area contributed by atoms with Gasteiger partial charge >= 0.3 is 5.97 Å². The zero-order chi connectivity index (χ0) is 10.7. The number of carboxylic acids is 1. The van der Waals surface area contributed by atoms with E-state index in [0.29, 0.717) is 0 Å². The first-order valence-corrected chi connectivity index (χ1v) is 4.27. The average molecular weight is 194 g/mol. The van der Waals surface area contributed by atoms with Crippen molar-refractivity contribution in [2.24, 2.45) is 5.73 Å². The molecule has 0 aliphatic carbocycles. The minimum absolute atomic E-state index is 0.128. The molecule has 0 aliphatic rings. The molecule has 0 fully saturated rings. The van der Waals surface area contributed by atoms with Crippen LogP contribution in [0.3, 0.4) is 0 Å². The monoisotopic (exact) mass is 194 g/mol. The highest BCUT2D eigenvalue weighted by atomic mass is 16.4. The summed E-state index contributed by atoms with van der Waals surface area (Å²) in [4.78, 5) is 10.5. The Balaban J connectivity index is 2.85. The Labute approximate surface area is 82.0 Å². The van der Waals surface area contributed by atoms with Crippen LogP contribution >= 0.6 is 0 Å². The maximum Gasteiger partial charge on any atom is 0.320 e. The Morgan fingerprint density at radius 3 is 2.79 bits per heavy atom. The molecule has 76 valence electrons. The van der Waals surface area contributed by atoms with Gasteiger partial charge in [-0.3, -0.25) is 4.79 Å². The van der Waals surface area contributed by atoms with Gasteiger partial charge < -0.3 is 15.9 Å². The molecule has 0 spiro atoms. The van der Waals surface area contributed by atoms with Crippen LogP contribution in [0.25, 0.3) is 0 Å². The summed E-state index contributed by atoms with van der Waals surface area (Å²) in [6.45, 7) is 1.85. The Kier molecular flexibility index (Phi) is 3.09. The molecule has 1 aromatic rings. The van der Waals surface area contributed by atoms with Crippen LogP contribution in [0.2, 0.25) is 0 Å². The second-order valence-corrected chi connectivity index (χ2v) is 3.26. The van der Waals surface area contributed by atoms with Gasteiger partial charge in [0.05, 0.1) is 0 Å². The van der Waals surface area contributed by atoms with E-state index in [0.717, 1.165) is 11.1 Å². The molecule has 0 saturated carbocycles. The van der Waals surface area contributed by atoms with Crippen molar-refractivity contribution in [2.75, 3.05) is 0 Å². The van der Waals surface area contributed by atoms with Crippen LogP contribution in [0.5, 0.6) is 5.75 Å². The summed E-state index contributed by atoms with van der Waals surface area (Å²) in [5.41, 5.74) is 7.08. The van der Waals surface area contributed by atoms with Gasteiger partial charge in [-0.25, -0.2) is 0 Å². The molecule has 1 aromatic carbocycles. The van der Waals surface area contributed by atoms with E-state index >= 15 is 0 Å². The highest BCUT2D eigenvalue weighted by Crippen LogP contribution is 2.16. The normalized spacial score (nSPS) is 12.4. The smallest absolute Gasteiger partial charge is 0.320 e. The lowest BCUT2D eigenvalue weighted by Gasteiger charge is -2.09. The van der Waals surface area contributed by atoms with Gasteiger partial charge in [0.25, 0.3) is 0 Å². The lowest BCUT2D eigenvalue weighted by Crippen LogP contribution is -2.32. The van der Waals surface area contributed by atoms with Gasteiger partial charge in [0, 0.05) is 0 Å². The molecule has 4 heteroatoms. The van der Waals surface area contributed by atoms with Gasteiger partial charge in [-0.2, -0.15) is 0 Å². The van der Waals surface area contributed by atoms with E-state index in [4.69, 9.17) is 10.8 Å². The molecule has 0 heterocycles. The van der Waals surface area contributed by atoms with Gasteiger partial charge in [0.2, 0.25) is 0 Å². The molecule has 1 rings (SSSR count). The number of phenolic OH excluding ortho intramolecular Hbond substituents is 1. The predicted octanol–water partition coefficient (Wildman–Crippen LogP) is 0.655. The van der Waals surface area contributed by atoms with E-state index in [1.807, 2.05) is 6.92 Å². The molecule has 1 atom stereocenters. The van der Waals surface area contributed by atoms with E-state index in [9.17, 15) is 9.90 Å². The summed E-state index contributed by atoms with van der Waals surface area (Å²) in [7, 11) is 0. The summed E-state index contributed by atoms with van der Waals surface area (Å²) in [6, 6.07) is 3.91. The topological polar surface area (TPSA) is 83.5 Å². The van der Waals surface area contributed by atoms with E-state index < -0.39 is 12.0 Å². The third kappa shape index (κ3) is 2.47. The predicted molar refractivity (Wildman–Crippen MR) is 52.2 cm³/mol. The van der Waals surface area contributed by atoms with Crippen LogP contribution in [0, 0.1) is 6.92 Å². The molecule has 0 unspecified atom stereocenters. The van der Waals surface area contributed by atoms with E-state index in [1.165, 1.54) is 6.07 Å². The van der Waals surface area contributed by atoms with Gasteiger partial charge in [-0.05, 0) is 36.6 Å². The zero-order valence-corrected chi connectivity index (χ0v) is 7.90. The molecule has 4 nitrogen and oxygen atoms in total. The van der Waals surface area contributed by atoms with Crippen molar-refractivity contribution >= 4 is 5.97 Å². The third-order valence-corrected chi connectivity index (χ3v) is 2.09. The standard InChI is InChI=1S/C10H13NO3/c1-6-2-3-8(12)4-7(6)5-9(11)10(13)14/h2-4,9,12H,5,11H2,1H3,(H,13,14)/t9-/m0/s1/i1-1. The van der Waals surface area contributed by atoms with Crippen molar-refractivity contribution in [3.63, 3.8) is 0 Å². The molecule has 0 aliphatic heterocycles. The van der Waals surface area contributed by atoms with Gasteiger partial charge in [0.15, 0.2) is 0 Å². The Bertz CT molecular complexity index is 349. The largest absolute Gasteiger partial charge is 0.508 e. The average Bonchev–Trinajstić information content (AvgIpc) is 2.11. The molecule has 14 heavy (non-hydrogen) atoms. The van der Waals surface area contributed by atoms with Crippen molar-refractivity contribution in [3.05, 3.63) is 29.3 Å². The van der Waals surface area contributed by atoms with Crippen LogP contribution in [-0.2, 0) is 11.2 Å². The number of aliphatic carboxylic acids is 1. The van der Waals surface area contributed by atoms with E-state index in [1.54, 1.807) is 12.1 Å². The summed E-state index contributed by atoms with van der Waals surface area (Å²) >= 11 is 0. The lowest BCUT2D eigenvalue weighted by molar-refractivity contribution is -0.138. The molecule has 0 amide bonds. The Hall–Kier alpha value is -1.55. The van der Waals surface area contributed by atoms with Gasteiger partial charge in [-0.15, -0.1) is 0 Å². The molecule has 0 bridgehead atoms. The first kappa shape index (κ1) is 10.5. The van der Waals surface area contributed by atoms with Gasteiger partial charge in [0.1, 0.15) is 11.8 Å². The summed E-state index contributed by atoms with van der Waals surface area (Å²) in [5.74, 6) is -0.907. The molecular weight excluding hydrogens is 181 g/mol. The second-order valence-electron chi connectivity index (χ2n) is 3.26. The highest BCUT2D eigenvalue weighted by molar-refractivity contribution is 5.73. The fourth-order valence-electron chi connectivity index (χ4n) is 1.20. The first-order chi connectivity index (χ1) is 6.50. The van der Waals surface area contributed by atoms with Crippen LogP contribution in [0.4, 0.5) is 0 Å². The quantitative estimate of drug-likeness (QED) is 0.659. The summed E-state index contributed by atoms with van der Waals surface area (Å²) in [6.07, 6.45) is 0.232.